The standard InChI is InChI=1S/C26H31NO4/c1-7-14-27-22(17-8-11-19(12-9-17)26(3,4)5)21(24(29)25(27)30)23(28)18-10-13-20(31-6)16(2)15-18/h8-13,15,22,28H,7,14H2,1-6H3/b23-21-. The van der Waals surface area contributed by atoms with Gasteiger partial charge >= 0.3 is 0 Å². The molecule has 0 aromatic heterocycles. The van der Waals surface area contributed by atoms with Crippen LogP contribution in [0, 0.1) is 6.92 Å². The first kappa shape index (κ1) is 22.6. The first-order valence-corrected chi connectivity index (χ1v) is 10.6. The molecule has 0 radical (unpaired) electrons. The van der Waals surface area contributed by atoms with E-state index in [1.807, 2.05) is 38.1 Å². The summed E-state index contributed by atoms with van der Waals surface area (Å²) in [5.41, 5.74) is 3.42. The van der Waals surface area contributed by atoms with Gasteiger partial charge in [0.15, 0.2) is 0 Å². The molecule has 3 rings (SSSR count). The smallest absolute Gasteiger partial charge is 0.295 e. The molecule has 1 amide bonds. The van der Waals surface area contributed by atoms with Crippen LogP contribution in [0.1, 0.15) is 62.4 Å². The van der Waals surface area contributed by atoms with Crippen molar-refractivity contribution in [3.8, 4) is 5.75 Å². The Morgan fingerprint density at radius 2 is 1.74 bits per heavy atom. The predicted octanol–water partition coefficient (Wildman–Crippen LogP) is 5.13. The molecule has 2 aromatic rings. The second-order valence-electron chi connectivity index (χ2n) is 9.05. The van der Waals surface area contributed by atoms with Gasteiger partial charge in [-0.15, -0.1) is 0 Å². The number of aryl methyl sites for hydroxylation is 1. The molecule has 1 heterocycles. The zero-order valence-electron chi connectivity index (χ0n) is 19.2. The maximum atomic E-state index is 13.0. The van der Waals surface area contributed by atoms with Gasteiger partial charge in [-0.1, -0.05) is 52.0 Å². The van der Waals surface area contributed by atoms with E-state index in [-0.39, 0.29) is 16.7 Å². The van der Waals surface area contributed by atoms with Gasteiger partial charge in [-0.05, 0) is 53.6 Å². The van der Waals surface area contributed by atoms with Crippen molar-refractivity contribution >= 4 is 17.4 Å². The Balaban J connectivity index is 2.16. The van der Waals surface area contributed by atoms with Crippen LogP contribution in [0.15, 0.2) is 48.0 Å². The molecule has 0 bridgehead atoms. The van der Waals surface area contributed by atoms with Crippen molar-refractivity contribution in [1.29, 1.82) is 0 Å². The molecule has 0 spiro atoms. The maximum absolute atomic E-state index is 13.0. The van der Waals surface area contributed by atoms with Gasteiger partial charge in [-0.25, -0.2) is 0 Å². The first-order valence-electron chi connectivity index (χ1n) is 10.6. The molecule has 5 heteroatoms. The summed E-state index contributed by atoms with van der Waals surface area (Å²) in [4.78, 5) is 27.4. The van der Waals surface area contributed by atoms with E-state index in [2.05, 4.69) is 20.8 Å². The van der Waals surface area contributed by atoms with Gasteiger partial charge in [0.25, 0.3) is 11.7 Å². The van der Waals surface area contributed by atoms with Crippen molar-refractivity contribution in [2.45, 2.75) is 52.5 Å². The molecular weight excluding hydrogens is 390 g/mol. The molecule has 1 saturated heterocycles. The summed E-state index contributed by atoms with van der Waals surface area (Å²) < 4.78 is 5.29. The van der Waals surface area contributed by atoms with Crippen LogP contribution in [0.25, 0.3) is 5.76 Å². The fourth-order valence-electron chi connectivity index (χ4n) is 4.04. The summed E-state index contributed by atoms with van der Waals surface area (Å²) in [5, 5.41) is 11.1. The fraction of sp³-hybridized carbons (Fsp3) is 0.385. The van der Waals surface area contributed by atoms with E-state index in [1.54, 1.807) is 30.2 Å². The third-order valence-electron chi connectivity index (χ3n) is 5.77. The van der Waals surface area contributed by atoms with E-state index in [4.69, 9.17) is 4.74 Å². The zero-order valence-corrected chi connectivity index (χ0v) is 19.2. The van der Waals surface area contributed by atoms with Crippen LogP contribution in [0.2, 0.25) is 0 Å². The van der Waals surface area contributed by atoms with Crippen LogP contribution < -0.4 is 4.74 Å². The molecule has 1 aliphatic rings. The Labute approximate surface area is 184 Å². The van der Waals surface area contributed by atoms with Crippen molar-refractivity contribution in [1.82, 2.24) is 4.90 Å². The first-order chi connectivity index (χ1) is 14.6. The van der Waals surface area contributed by atoms with Crippen LogP contribution in [-0.2, 0) is 15.0 Å². The number of carbonyl (C=O) groups is 2. The molecular formula is C26H31NO4. The summed E-state index contributed by atoms with van der Waals surface area (Å²) in [6.07, 6.45) is 0.714. The number of amides is 1. The van der Waals surface area contributed by atoms with Crippen molar-refractivity contribution in [2.24, 2.45) is 0 Å². The minimum atomic E-state index is -0.649. The average Bonchev–Trinajstić information content (AvgIpc) is 2.98. The molecule has 1 fully saturated rings. The van der Waals surface area contributed by atoms with E-state index in [1.165, 1.54) is 0 Å². The summed E-state index contributed by atoms with van der Waals surface area (Å²) in [6, 6.07) is 12.6. The molecule has 1 N–H and O–H groups in total. The molecule has 31 heavy (non-hydrogen) atoms. The molecule has 1 unspecified atom stereocenters. The van der Waals surface area contributed by atoms with E-state index in [9.17, 15) is 14.7 Å². The van der Waals surface area contributed by atoms with Crippen LogP contribution in [0.4, 0.5) is 0 Å². The van der Waals surface area contributed by atoms with E-state index >= 15 is 0 Å². The van der Waals surface area contributed by atoms with Crippen molar-refractivity contribution in [3.05, 3.63) is 70.3 Å². The minimum Gasteiger partial charge on any atom is -0.507 e. The predicted molar refractivity (Wildman–Crippen MR) is 122 cm³/mol. The summed E-state index contributed by atoms with van der Waals surface area (Å²) >= 11 is 0. The van der Waals surface area contributed by atoms with Crippen LogP contribution in [-0.4, -0.2) is 35.4 Å². The average molecular weight is 422 g/mol. The lowest BCUT2D eigenvalue weighted by Crippen LogP contribution is -2.30. The van der Waals surface area contributed by atoms with Gasteiger partial charge in [0.2, 0.25) is 0 Å². The summed E-state index contributed by atoms with van der Waals surface area (Å²) in [5.74, 6) is -0.687. The number of ether oxygens (including phenoxy) is 1. The van der Waals surface area contributed by atoms with Crippen molar-refractivity contribution in [3.63, 3.8) is 0 Å². The highest BCUT2D eigenvalue weighted by atomic mass is 16.5. The summed E-state index contributed by atoms with van der Waals surface area (Å²) in [7, 11) is 1.58. The lowest BCUT2D eigenvalue weighted by Gasteiger charge is -2.26. The van der Waals surface area contributed by atoms with Crippen LogP contribution in [0.3, 0.4) is 0 Å². The Bertz CT molecular complexity index is 1030. The molecule has 1 aliphatic heterocycles. The van der Waals surface area contributed by atoms with Gasteiger partial charge in [0.05, 0.1) is 18.7 Å². The molecule has 164 valence electrons. The van der Waals surface area contributed by atoms with E-state index < -0.39 is 17.7 Å². The van der Waals surface area contributed by atoms with Gasteiger partial charge in [0, 0.05) is 12.1 Å². The van der Waals surface area contributed by atoms with Crippen molar-refractivity contribution < 1.29 is 19.4 Å². The second-order valence-corrected chi connectivity index (χ2v) is 9.05. The third kappa shape index (κ3) is 4.22. The Hall–Kier alpha value is -3.08. The number of carbonyl (C=O) groups excluding carboxylic acids is 2. The monoisotopic (exact) mass is 421 g/mol. The van der Waals surface area contributed by atoms with Crippen molar-refractivity contribution in [2.75, 3.05) is 13.7 Å². The Morgan fingerprint density at radius 1 is 1.10 bits per heavy atom. The highest BCUT2D eigenvalue weighted by Gasteiger charge is 2.45. The Kier molecular flexibility index (Phi) is 6.25. The normalized spacial score (nSPS) is 18.5. The minimum absolute atomic E-state index is 0.00954. The zero-order chi connectivity index (χ0) is 22.9. The fourth-order valence-corrected chi connectivity index (χ4v) is 4.04. The number of hydrogen-bond acceptors (Lipinski definition) is 4. The molecule has 0 aliphatic carbocycles. The summed E-state index contributed by atoms with van der Waals surface area (Å²) in [6.45, 7) is 10.7. The lowest BCUT2D eigenvalue weighted by atomic mass is 9.85. The number of aliphatic hydroxyl groups excluding tert-OH is 1. The maximum Gasteiger partial charge on any atom is 0.295 e. The number of rotatable bonds is 5. The number of methoxy groups -OCH3 is 1. The number of aliphatic hydroxyl groups is 1. The van der Waals surface area contributed by atoms with E-state index in [0.717, 1.165) is 16.7 Å². The highest BCUT2D eigenvalue weighted by molar-refractivity contribution is 6.46. The number of likely N-dealkylation sites (tertiary alicyclic amines) is 1. The van der Waals surface area contributed by atoms with Gasteiger partial charge in [-0.3, -0.25) is 9.59 Å². The van der Waals surface area contributed by atoms with Gasteiger partial charge in [-0.2, -0.15) is 0 Å². The highest BCUT2D eigenvalue weighted by Crippen LogP contribution is 2.40. The second kappa shape index (κ2) is 8.58. The number of hydrogen-bond donors (Lipinski definition) is 1. The largest absolute Gasteiger partial charge is 0.507 e. The molecule has 2 aromatic carbocycles. The number of Topliss-reactive ketones (excluding diaryl/α,β-unsaturated/α-hetero) is 1. The van der Waals surface area contributed by atoms with Gasteiger partial charge in [0.1, 0.15) is 11.5 Å². The SMILES string of the molecule is CCCN1C(=O)C(=O)/C(=C(\O)c2ccc(OC)c(C)c2)C1c1ccc(C(C)(C)C)cc1. The number of benzene rings is 2. The van der Waals surface area contributed by atoms with Crippen LogP contribution >= 0.6 is 0 Å². The third-order valence-corrected chi connectivity index (χ3v) is 5.77. The molecule has 5 nitrogen and oxygen atoms in total. The lowest BCUT2D eigenvalue weighted by molar-refractivity contribution is -0.139. The number of ketones is 1. The molecule has 1 atom stereocenters. The van der Waals surface area contributed by atoms with E-state index in [0.29, 0.717) is 24.3 Å². The van der Waals surface area contributed by atoms with Crippen LogP contribution in [0.5, 0.6) is 5.75 Å². The quantitative estimate of drug-likeness (QED) is 0.413. The van der Waals surface area contributed by atoms with Gasteiger partial charge < -0.3 is 14.7 Å². The number of nitrogens with zero attached hydrogens (tertiary/aromatic N) is 1. The topological polar surface area (TPSA) is 66.8 Å². The molecule has 0 saturated carbocycles. The Morgan fingerprint density at radius 3 is 2.26 bits per heavy atom.